The van der Waals surface area contributed by atoms with Crippen LogP contribution in [0.2, 0.25) is 0 Å². The molecule has 1 unspecified atom stereocenters. The molecule has 5 heterocycles. The maximum Gasteiger partial charge on any atom is 0.411 e. The van der Waals surface area contributed by atoms with E-state index >= 15 is 0 Å². The highest BCUT2D eigenvalue weighted by molar-refractivity contribution is 6.12. The van der Waals surface area contributed by atoms with E-state index < -0.39 is 36.9 Å². The standard InChI is InChI=1S/C26H34F3N9O4/c1-14-10-36(11-15(2)42-14)24-32-8-16(9-33-24)38-21-19(25(3,4)22(38)39)20(31-5)34-18(35-21)13-41-23(30)37-6-7-40-12-17(37)26(27,28)29/h8-9,14-15,17,30H,6-7,10-13H2,1-5H3,(H,31,34,35)/t14-,15+,17?. The maximum absolute atomic E-state index is 13.7. The molecule has 42 heavy (non-hydrogen) atoms. The van der Waals surface area contributed by atoms with E-state index in [4.69, 9.17) is 19.6 Å². The summed E-state index contributed by atoms with van der Waals surface area (Å²) in [5.41, 5.74) is -0.0768. The SMILES string of the molecule is CNc1nc(COC(=N)N2CCOCC2C(F)(F)F)nc2c1C(C)(C)C(=O)N2c1cnc(N2C[C@@H](C)O[C@@H](C)C2)nc1. The fourth-order valence-corrected chi connectivity index (χ4v) is 5.47. The van der Waals surface area contributed by atoms with Crippen LogP contribution in [-0.2, 0) is 31.0 Å². The number of alkyl halides is 3. The number of amidine groups is 1. The van der Waals surface area contributed by atoms with Crippen LogP contribution < -0.4 is 15.1 Å². The quantitative estimate of drug-likeness (QED) is 0.390. The van der Waals surface area contributed by atoms with Crippen LogP contribution >= 0.6 is 0 Å². The van der Waals surface area contributed by atoms with Crippen LogP contribution in [-0.4, -0.2) is 101 Å². The number of amides is 1. The molecular weight excluding hydrogens is 559 g/mol. The molecule has 0 bridgehead atoms. The molecule has 0 aromatic carbocycles. The van der Waals surface area contributed by atoms with Crippen LogP contribution in [0.25, 0.3) is 0 Å². The van der Waals surface area contributed by atoms with Crippen molar-refractivity contribution in [3.63, 3.8) is 0 Å². The summed E-state index contributed by atoms with van der Waals surface area (Å²) in [5.74, 6) is 0.945. The second-order valence-electron chi connectivity index (χ2n) is 11.0. The molecule has 0 spiro atoms. The lowest BCUT2D eigenvalue weighted by Crippen LogP contribution is -2.55. The Hall–Kier alpha value is -3.79. The minimum atomic E-state index is -4.60. The van der Waals surface area contributed by atoms with Crippen molar-refractivity contribution < 1.29 is 32.2 Å². The molecule has 0 radical (unpaired) electrons. The van der Waals surface area contributed by atoms with Gasteiger partial charge in [-0.15, -0.1) is 0 Å². The van der Waals surface area contributed by atoms with Crippen molar-refractivity contribution in [3.05, 3.63) is 23.8 Å². The molecule has 2 N–H and O–H groups in total. The predicted molar refractivity (Wildman–Crippen MR) is 146 cm³/mol. The Morgan fingerprint density at radius 1 is 1.19 bits per heavy atom. The van der Waals surface area contributed by atoms with E-state index in [2.05, 4.69) is 25.3 Å². The summed E-state index contributed by atoms with van der Waals surface area (Å²) >= 11 is 0. The lowest BCUT2D eigenvalue weighted by Gasteiger charge is -2.37. The Morgan fingerprint density at radius 2 is 1.86 bits per heavy atom. The van der Waals surface area contributed by atoms with Crippen molar-refractivity contribution >= 4 is 35.2 Å². The largest absolute Gasteiger partial charge is 0.457 e. The smallest absolute Gasteiger partial charge is 0.411 e. The van der Waals surface area contributed by atoms with E-state index in [-0.39, 0.29) is 42.9 Å². The van der Waals surface area contributed by atoms with Gasteiger partial charge in [0, 0.05) is 26.7 Å². The highest BCUT2D eigenvalue weighted by atomic mass is 19.4. The van der Waals surface area contributed by atoms with Gasteiger partial charge < -0.3 is 29.3 Å². The third kappa shape index (κ3) is 5.52. The van der Waals surface area contributed by atoms with Gasteiger partial charge in [0.05, 0.1) is 54.5 Å². The van der Waals surface area contributed by atoms with Gasteiger partial charge in [-0.2, -0.15) is 13.2 Å². The van der Waals surface area contributed by atoms with E-state index in [0.29, 0.717) is 36.1 Å². The van der Waals surface area contributed by atoms with Crippen LogP contribution in [0.5, 0.6) is 0 Å². The molecule has 0 saturated carbocycles. The Balaban J connectivity index is 1.41. The number of carbonyl (C=O) groups is 1. The van der Waals surface area contributed by atoms with E-state index in [1.54, 1.807) is 33.3 Å². The number of nitrogens with one attached hydrogen (secondary N) is 2. The zero-order valence-electron chi connectivity index (χ0n) is 24.0. The first-order chi connectivity index (χ1) is 19.8. The topological polar surface area (TPSA) is 142 Å². The molecule has 0 aliphatic carbocycles. The Bertz CT molecular complexity index is 1330. The van der Waals surface area contributed by atoms with Crippen LogP contribution in [0.1, 0.15) is 39.1 Å². The molecule has 3 atom stereocenters. The van der Waals surface area contributed by atoms with Crippen LogP contribution in [0.3, 0.4) is 0 Å². The number of fused-ring (bicyclic) bond motifs is 1. The summed E-state index contributed by atoms with van der Waals surface area (Å²) in [6.07, 6.45) is -1.45. The van der Waals surface area contributed by atoms with Gasteiger partial charge in [0.15, 0.2) is 18.5 Å². The number of carbonyl (C=O) groups excluding carboxylic acids is 1. The average molecular weight is 594 g/mol. The number of nitrogens with zero attached hydrogens (tertiary/aromatic N) is 7. The number of anilines is 4. The normalized spacial score (nSPS) is 24.0. The molecule has 3 aliphatic heterocycles. The highest BCUT2D eigenvalue weighted by Crippen LogP contribution is 2.47. The number of ether oxygens (including phenoxy) is 3. The van der Waals surface area contributed by atoms with E-state index in [9.17, 15) is 18.0 Å². The lowest BCUT2D eigenvalue weighted by atomic mass is 9.87. The fraction of sp³-hybridized carbons (Fsp3) is 0.615. The molecule has 13 nitrogen and oxygen atoms in total. The minimum Gasteiger partial charge on any atom is -0.457 e. The molecule has 2 fully saturated rings. The molecule has 2 saturated heterocycles. The Kier molecular flexibility index (Phi) is 7.87. The van der Waals surface area contributed by atoms with Crippen molar-refractivity contribution in [2.75, 3.05) is 55.0 Å². The number of hydrogen-bond acceptors (Lipinski definition) is 11. The third-order valence-electron chi connectivity index (χ3n) is 7.44. The monoisotopic (exact) mass is 593 g/mol. The van der Waals surface area contributed by atoms with Gasteiger partial charge in [0.25, 0.3) is 6.02 Å². The summed E-state index contributed by atoms with van der Waals surface area (Å²) in [6, 6.07) is -2.66. The first-order valence-electron chi connectivity index (χ1n) is 13.6. The van der Waals surface area contributed by atoms with Crippen molar-refractivity contribution in [1.29, 1.82) is 5.41 Å². The van der Waals surface area contributed by atoms with Gasteiger partial charge in [-0.25, -0.2) is 19.9 Å². The average Bonchev–Trinajstić information content (AvgIpc) is 3.15. The van der Waals surface area contributed by atoms with Crippen molar-refractivity contribution in [2.45, 2.75) is 64.1 Å². The molecule has 5 rings (SSSR count). The van der Waals surface area contributed by atoms with Crippen LogP contribution in [0, 0.1) is 5.41 Å². The lowest BCUT2D eigenvalue weighted by molar-refractivity contribution is -0.202. The number of aromatic nitrogens is 4. The van der Waals surface area contributed by atoms with Gasteiger partial charge in [0.2, 0.25) is 11.9 Å². The zero-order valence-corrected chi connectivity index (χ0v) is 24.0. The molecular formula is C26H34F3N9O4. The van der Waals surface area contributed by atoms with E-state index in [1.807, 2.05) is 18.7 Å². The first-order valence-corrected chi connectivity index (χ1v) is 13.6. The summed E-state index contributed by atoms with van der Waals surface area (Å²) < 4.78 is 56.6. The highest BCUT2D eigenvalue weighted by Gasteiger charge is 2.49. The second-order valence-corrected chi connectivity index (χ2v) is 11.0. The number of morpholine rings is 2. The van der Waals surface area contributed by atoms with Crippen molar-refractivity contribution in [1.82, 2.24) is 24.8 Å². The number of halogens is 3. The molecule has 2 aromatic rings. The first kappa shape index (κ1) is 29.7. The predicted octanol–water partition coefficient (Wildman–Crippen LogP) is 2.59. The Morgan fingerprint density at radius 3 is 2.48 bits per heavy atom. The summed E-state index contributed by atoms with van der Waals surface area (Å²) in [4.78, 5) is 36.0. The van der Waals surface area contributed by atoms with Crippen LogP contribution in [0.15, 0.2) is 12.4 Å². The number of hydrogen-bond donors (Lipinski definition) is 2. The van der Waals surface area contributed by atoms with Gasteiger partial charge >= 0.3 is 6.18 Å². The maximum atomic E-state index is 13.7. The van der Waals surface area contributed by atoms with Gasteiger partial charge in [-0.1, -0.05) is 0 Å². The van der Waals surface area contributed by atoms with Crippen molar-refractivity contribution in [3.8, 4) is 0 Å². The van der Waals surface area contributed by atoms with Gasteiger partial charge in [-0.3, -0.25) is 15.1 Å². The molecule has 228 valence electrons. The van der Waals surface area contributed by atoms with Crippen LogP contribution in [0.4, 0.5) is 36.4 Å². The summed E-state index contributed by atoms with van der Waals surface area (Å²) in [6.45, 7) is 7.64. The fourth-order valence-electron chi connectivity index (χ4n) is 5.47. The van der Waals surface area contributed by atoms with Crippen molar-refractivity contribution in [2.24, 2.45) is 0 Å². The van der Waals surface area contributed by atoms with E-state index in [0.717, 1.165) is 4.90 Å². The summed E-state index contributed by atoms with van der Waals surface area (Å²) in [5, 5.41) is 11.2. The van der Waals surface area contributed by atoms with Gasteiger partial charge in [-0.05, 0) is 27.7 Å². The third-order valence-corrected chi connectivity index (χ3v) is 7.44. The number of rotatable bonds is 5. The van der Waals surface area contributed by atoms with Gasteiger partial charge in [0.1, 0.15) is 11.6 Å². The Labute approximate surface area is 240 Å². The molecule has 2 aromatic heterocycles. The molecule has 1 amide bonds. The summed E-state index contributed by atoms with van der Waals surface area (Å²) in [7, 11) is 1.64. The zero-order chi connectivity index (χ0) is 30.4. The molecule has 16 heteroatoms. The second kappa shape index (κ2) is 11.1. The minimum absolute atomic E-state index is 0.0197. The van der Waals surface area contributed by atoms with E-state index in [1.165, 1.54) is 4.90 Å². The molecule has 3 aliphatic rings.